The molecule has 0 unspecified atom stereocenters. The smallest absolute Gasteiger partial charge is 0.143 e. The molecular weight excluding hydrogens is 583 g/mol. The van der Waals surface area contributed by atoms with Crippen molar-refractivity contribution in [2.75, 3.05) is 4.90 Å². The molecule has 9 aromatic carbocycles. The lowest BCUT2D eigenvalue weighted by atomic mass is 9.95. The Balaban J connectivity index is 1.16. The lowest BCUT2D eigenvalue weighted by Gasteiger charge is -2.26. The molecule has 0 spiro atoms. The van der Waals surface area contributed by atoms with Crippen molar-refractivity contribution < 1.29 is 4.42 Å². The Morgan fingerprint density at radius 2 is 0.896 bits per heavy atom. The highest BCUT2D eigenvalue weighted by molar-refractivity contribution is 6.26. The summed E-state index contributed by atoms with van der Waals surface area (Å²) in [7, 11) is 0. The summed E-state index contributed by atoms with van der Waals surface area (Å²) in [4.78, 5) is 2.37. The van der Waals surface area contributed by atoms with Crippen LogP contribution in [-0.4, -0.2) is 0 Å². The van der Waals surface area contributed by atoms with Gasteiger partial charge in [0.1, 0.15) is 11.2 Å². The van der Waals surface area contributed by atoms with Crippen LogP contribution in [0, 0.1) is 0 Å². The number of rotatable bonds is 4. The third-order valence-corrected chi connectivity index (χ3v) is 9.80. The number of fused-ring (bicyclic) bond motifs is 10. The van der Waals surface area contributed by atoms with E-state index in [1.807, 2.05) is 6.07 Å². The molecule has 0 saturated carbocycles. The van der Waals surface area contributed by atoms with Gasteiger partial charge in [0.25, 0.3) is 0 Å². The van der Waals surface area contributed by atoms with E-state index in [1.54, 1.807) is 0 Å². The summed E-state index contributed by atoms with van der Waals surface area (Å²) in [6.07, 6.45) is 0. The molecule has 48 heavy (non-hydrogen) atoms. The average molecular weight is 612 g/mol. The standard InChI is InChI=1S/C46H29NO/c1-2-8-30(9-3-1)32-16-20-36(21-17-32)47(37-22-18-31-10-4-5-11-34(31)28-37)38-23-25-39-35(29-38)15-14-33-19-24-43-41(45(33)39)26-27-42-40-12-6-7-13-44(40)48-46(42)43/h1-29H. The van der Waals surface area contributed by atoms with Crippen LogP contribution in [0.4, 0.5) is 17.1 Å². The van der Waals surface area contributed by atoms with Gasteiger partial charge in [0.05, 0.1) is 0 Å². The zero-order valence-electron chi connectivity index (χ0n) is 26.1. The van der Waals surface area contributed by atoms with Crippen LogP contribution >= 0.6 is 0 Å². The fourth-order valence-corrected chi connectivity index (χ4v) is 7.48. The Morgan fingerprint density at radius 3 is 1.77 bits per heavy atom. The van der Waals surface area contributed by atoms with Gasteiger partial charge in [-0.2, -0.15) is 0 Å². The molecule has 0 atom stereocenters. The molecule has 224 valence electrons. The Labute approximate surface area is 277 Å². The maximum Gasteiger partial charge on any atom is 0.143 e. The molecule has 2 heteroatoms. The molecule has 0 bridgehead atoms. The molecule has 2 nitrogen and oxygen atoms in total. The summed E-state index contributed by atoms with van der Waals surface area (Å²) in [6.45, 7) is 0. The van der Waals surface area contributed by atoms with Gasteiger partial charge in [-0.3, -0.25) is 0 Å². The van der Waals surface area contributed by atoms with Crippen molar-refractivity contribution in [3.8, 4) is 11.1 Å². The molecule has 1 aromatic heterocycles. The molecule has 10 aromatic rings. The van der Waals surface area contributed by atoms with Gasteiger partial charge >= 0.3 is 0 Å². The van der Waals surface area contributed by atoms with Gasteiger partial charge in [0.15, 0.2) is 0 Å². The summed E-state index contributed by atoms with van der Waals surface area (Å²) in [6, 6.07) is 63.4. The van der Waals surface area contributed by atoms with Crippen LogP contribution < -0.4 is 4.90 Å². The number of hydrogen-bond acceptors (Lipinski definition) is 2. The predicted molar refractivity (Wildman–Crippen MR) is 204 cm³/mol. The van der Waals surface area contributed by atoms with Crippen molar-refractivity contribution in [3.05, 3.63) is 176 Å². The van der Waals surface area contributed by atoms with Crippen molar-refractivity contribution in [1.29, 1.82) is 0 Å². The zero-order chi connectivity index (χ0) is 31.6. The van der Waals surface area contributed by atoms with E-state index in [0.717, 1.165) is 44.4 Å². The van der Waals surface area contributed by atoms with Crippen molar-refractivity contribution in [1.82, 2.24) is 0 Å². The summed E-state index contributed by atoms with van der Waals surface area (Å²) >= 11 is 0. The summed E-state index contributed by atoms with van der Waals surface area (Å²) in [5, 5.41) is 12.0. The molecule has 0 saturated heterocycles. The normalized spacial score (nSPS) is 11.8. The molecule has 1 heterocycles. The summed E-state index contributed by atoms with van der Waals surface area (Å²) < 4.78 is 6.44. The van der Waals surface area contributed by atoms with Gasteiger partial charge in [0.2, 0.25) is 0 Å². The number of hydrogen-bond donors (Lipinski definition) is 0. The van der Waals surface area contributed by atoms with E-state index in [2.05, 4.69) is 175 Å². The van der Waals surface area contributed by atoms with Gasteiger partial charge in [-0.25, -0.2) is 0 Å². The van der Waals surface area contributed by atoms with E-state index in [9.17, 15) is 0 Å². The largest absolute Gasteiger partial charge is 0.455 e. The molecule has 0 aliphatic heterocycles. The fourth-order valence-electron chi connectivity index (χ4n) is 7.48. The van der Waals surface area contributed by atoms with Gasteiger partial charge in [0, 0.05) is 33.2 Å². The van der Waals surface area contributed by atoms with Crippen LogP contribution in [-0.2, 0) is 0 Å². The van der Waals surface area contributed by atoms with Gasteiger partial charge in [-0.05, 0) is 103 Å². The Kier molecular flexibility index (Phi) is 5.91. The zero-order valence-corrected chi connectivity index (χ0v) is 26.1. The Hall–Kier alpha value is -6.38. The predicted octanol–water partition coefficient (Wildman–Crippen LogP) is 13.3. The number of nitrogens with zero attached hydrogens (tertiary/aromatic N) is 1. The van der Waals surface area contributed by atoms with E-state index in [-0.39, 0.29) is 0 Å². The van der Waals surface area contributed by atoms with E-state index in [4.69, 9.17) is 4.42 Å². The maximum absolute atomic E-state index is 6.44. The minimum atomic E-state index is 0.924. The van der Waals surface area contributed by atoms with Gasteiger partial charge < -0.3 is 9.32 Å². The van der Waals surface area contributed by atoms with Gasteiger partial charge in [-0.1, -0.05) is 121 Å². The first-order valence-corrected chi connectivity index (χ1v) is 16.4. The maximum atomic E-state index is 6.44. The third-order valence-electron chi connectivity index (χ3n) is 9.80. The number of benzene rings is 9. The number of para-hydroxylation sites is 1. The average Bonchev–Trinajstić information content (AvgIpc) is 3.54. The first-order valence-electron chi connectivity index (χ1n) is 16.4. The Bertz CT molecular complexity index is 2830. The topological polar surface area (TPSA) is 16.4 Å². The monoisotopic (exact) mass is 611 g/mol. The molecule has 0 amide bonds. The first-order chi connectivity index (χ1) is 23.8. The van der Waals surface area contributed by atoms with Crippen LogP contribution in [0.2, 0.25) is 0 Å². The summed E-state index contributed by atoms with van der Waals surface area (Å²) in [5.41, 5.74) is 7.64. The quantitative estimate of drug-likeness (QED) is 0.184. The van der Waals surface area contributed by atoms with E-state index in [0.29, 0.717) is 0 Å². The lowest BCUT2D eigenvalue weighted by molar-refractivity contribution is 0.672. The highest BCUT2D eigenvalue weighted by Gasteiger charge is 2.17. The fraction of sp³-hybridized carbons (Fsp3) is 0. The van der Waals surface area contributed by atoms with Crippen LogP contribution in [0.5, 0.6) is 0 Å². The van der Waals surface area contributed by atoms with Crippen LogP contribution in [0.3, 0.4) is 0 Å². The van der Waals surface area contributed by atoms with Crippen molar-refractivity contribution in [3.63, 3.8) is 0 Å². The minimum absolute atomic E-state index is 0.924. The SMILES string of the molecule is c1ccc(-c2ccc(N(c3ccc4ccccc4c3)c3ccc4c(ccc5ccc6c(ccc7c8ccccc8oc76)c54)c3)cc2)cc1. The molecule has 0 aliphatic carbocycles. The van der Waals surface area contributed by atoms with Crippen molar-refractivity contribution in [2.24, 2.45) is 0 Å². The molecule has 0 fully saturated rings. The lowest BCUT2D eigenvalue weighted by Crippen LogP contribution is -2.10. The molecular formula is C46H29NO. The molecule has 0 radical (unpaired) electrons. The Morgan fingerprint density at radius 1 is 0.333 bits per heavy atom. The first kappa shape index (κ1) is 26.8. The molecule has 0 aliphatic rings. The van der Waals surface area contributed by atoms with Gasteiger partial charge in [-0.15, -0.1) is 0 Å². The van der Waals surface area contributed by atoms with E-state index >= 15 is 0 Å². The minimum Gasteiger partial charge on any atom is -0.455 e. The second-order valence-electron chi connectivity index (χ2n) is 12.6. The highest BCUT2D eigenvalue weighted by Crippen LogP contribution is 2.42. The van der Waals surface area contributed by atoms with E-state index in [1.165, 1.54) is 48.8 Å². The molecule has 0 N–H and O–H groups in total. The van der Waals surface area contributed by atoms with Crippen LogP contribution in [0.25, 0.3) is 76.2 Å². The number of anilines is 3. The van der Waals surface area contributed by atoms with E-state index < -0.39 is 0 Å². The molecule has 10 rings (SSSR count). The summed E-state index contributed by atoms with van der Waals surface area (Å²) in [5.74, 6) is 0. The highest BCUT2D eigenvalue weighted by atomic mass is 16.3. The second-order valence-corrected chi connectivity index (χ2v) is 12.6. The second kappa shape index (κ2) is 10.6. The van der Waals surface area contributed by atoms with Crippen LogP contribution in [0.1, 0.15) is 0 Å². The van der Waals surface area contributed by atoms with Crippen molar-refractivity contribution in [2.45, 2.75) is 0 Å². The number of furan rings is 1. The van der Waals surface area contributed by atoms with Crippen molar-refractivity contribution >= 4 is 82.1 Å². The van der Waals surface area contributed by atoms with Crippen LogP contribution in [0.15, 0.2) is 180 Å². The third kappa shape index (κ3) is 4.20.